The number of rotatable bonds is 5. The number of hydrogen-bond donors (Lipinski definition) is 1. The lowest BCUT2D eigenvalue weighted by molar-refractivity contribution is -0.900. The van der Waals surface area contributed by atoms with Gasteiger partial charge in [0.2, 0.25) is 0 Å². The van der Waals surface area contributed by atoms with E-state index >= 15 is 0 Å². The number of pyridine rings is 1. The number of quaternary nitrogens is 1. The van der Waals surface area contributed by atoms with Crippen LogP contribution in [0.5, 0.6) is 5.75 Å². The van der Waals surface area contributed by atoms with Gasteiger partial charge in [-0.2, -0.15) is 5.26 Å². The molecule has 0 spiro atoms. The van der Waals surface area contributed by atoms with Crippen LogP contribution >= 0.6 is 0 Å². The van der Waals surface area contributed by atoms with Crippen molar-refractivity contribution in [2.75, 3.05) is 44.2 Å². The monoisotopic (exact) mass is 452 g/mol. The van der Waals surface area contributed by atoms with E-state index in [0.717, 1.165) is 86.6 Å². The summed E-state index contributed by atoms with van der Waals surface area (Å²) in [5.74, 6) is 2.22. The van der Waals surface area contributed by atoms with E-state index < -0.39 is 0 Å². The molecule has 1 aliphatic heterocycles. The first-order valence-corrected chi connectivity index (χ1v) is 12.4. The lowest BCUT2D eigenvalue weighted by atomic mass is 10.0. The van der Waals surface area contributed by atoms with Crippen molar-refractivity contribution < 1.29 is 9.64 Å². The Morgan fingerprint density at radius 1 is 1.03 bits per heavy atom. The number of benzene rings is 2. The Bertz CT molecular complexity index is 1390. The van der Waals surface area contributed by atoms with Crippen LogP contribution in [0.3, 0.4) is 0 Å². The maximum absolute atomic E-state index is 10.0. The number of nitrogens with one attached hydrogen (secondary N) is 1. The molecule has 172 valence electrons. The van der Waals surface area contributed by atoms with Gasteiger partial charge in [-0.15, -0.1) is 0 Å². The molecule has 0 saturated carbocycles. The van der Waals surface area contributed by atoms with Crippen LogP contribution in [0.25, 0.3) is 16.7 Å². The number of aromatic nitrogens is 2. The van der Waals surface area contributed by atoms with Crippen LogP contribution in [0, 0.1) is 18.3 Å². The molecule has 0 bridgehead atoms. The van der Waals surface area contributed by atoms with Crippen molar-refractivity contribution in [3.05, 3.63) is 70.8 Å². The van der Waals surface area contributed by atoms with Crippen LogP contribution < -0.4 is 14.5 Å². The van der Waals surface area contributed by atoms with Gasteiger partial charge in [0, 0.05) is 0 Å². The van der Waals surface area contributed by atoms with Crippen molar-refractivity contribution in [2.24, 2.45) is 0 Å². The van der Waals surface area contributed by atoms with Crippen LogP contribution in [0.2, 0.25) is 0 Å². The van der Waals surface area contributed by atoms with E-state index in [9.17, 15) is 5.26 Å². The molecule has 2 aromatic carbocycles. The van der Waals surface area contributed by atoms with Gasteiger partial charge in [-0.05, 0) is 61.6 Å². The molecule has 1 aliphatic carbocycles. The summed E-state index contributed by atoms with van der Waals surface area (Å²) in [6.07, 6.45) is 3.13. The van der Waals surface area contributed by atoms with E-state index in [2.05, 4.69) is 64.8 Å². The third kappa shape index (κ3) is 3.57. The number of hydrogen-bond acceptors (Lipinski definition) is 4. The molecule has 34 heavy (non-hydrogen) atoms. The minimum atomic E-state index is 0.737. The minimum absolute atomic E-state index is 0.737. The molecule has 0 unspecified atom stereocenters. The van der Waals surface area contributed by atoms with Crippen molar-refractivity contribution in [1.29, 1.82) is 5.26 Å². The molecule has 6 heteroatoms. The maximum atomic E-state index is 10.0. The highest BCUT2D eigenvalue weighted by atomic mass is 16.5. The lowest BCUT2D eigenvalue weighted by Crippen LogP contribution is -3.15. The number of nitrogens with zero attached hydrogens (tertiary/aromatic N) is 4. The number of imidazole rings is 1. The molecule has 1 N–H and O–H groups in total. The number of fused-ring (bicyclic) bond motifs is 4. The first-order valence-electron chi connectivity index (χ1n) is 12.4. The number of para-hydroxylation sites is 2. The smallest absolute Gasteiger partial charge is 0.157 e. The molecule has 6 rings (SSSR count). The molecule has 2 aliphatic rings. The Kier molecular flexibility index (Phi) is 5.35. The standard InChI is InChI=1S/C28H29N5O/c1-20-9-11-21(12-10-20)34-18-17-31-13-15-32(16-14-31)28-23-6-4-5-22(23)24(19-29)27-30-25-7-2-3-8-26(25)33(27)28/h2-3,7-12H,4-6,13-18H2,1H3/p+1. The van der Waals surface area contributed by atoms with E-state index in [1.807, 2.05) is 6.07 Å². The van der Waals surface area contributed by atoms with E-state index in [1.165, 1.54) is 22.5 Å². The van der Waals surface area contributed by atoms with Crippen molar-refractivity contribution in [3.8, 4) is 11.8 Å². The maximum Gasteiger partial charge on any atom is 0.157 e. The molecule has 1 fully saturated rings. The number of ether oxygens (including phenoxy) is 1. The van der Waals surface area contributed by atoms with Gasteiger partial charge < -0.3 is 14.5 Å². The number of anilines is 1. The summed E-state index contributed by atoms with van der Waals surface area (Å²) < 4.78 is 8.25. The second kappa shape index (κ2) is 8.66. The highest BCUT2D eigenvalue weighted by Crippen LogP contribution is 2.38. The Labute approximate surface area is 200 Å². The third-order valence-corrected chi connectivity index (χ3v) is 7.41. The van der Waals surface area contributed by atoms with Crippen LogP contribution in [-0.4, -0.2) is 48.7 Å². The molecule has 4 aromatic rings. The summed E-state index contributed by atoms with van der Waals surface area (Å²) in [7, 11) is 0. The van der Waals surface area contributed by atoms with E-state index in [-0.39, 0.29) is 0 Å². The van der Waals surface area contributed by atoms with Gasteiger partial charge in [0.15, 0.2) is 5.65 Å². The molecule has 6 nitrogen and oxygen atoms in total. The third-order valence-electron chi connectivity index (χ3n) is 7.41. The Morgan fingerprint density at radius 3 is 2.59 bits per heavy atom. The molecule has 3 heterocycles. The van der Waals surface area contributed by atoms with Gasteiger partial charge in [-0.1, -0.05) is 29.8 Å². The normalized spacial score (nSPS) is 16.2. The first-order chi connectivity index (χ1) is 16.7. The largest absolute Gasteiger partial charge is 0.488 e. The first kappa shape index (κ1) is 21.0. The van der Waals surface area contributed by atoms with Crippen LogP contribution in [0.1, 0.15) is 28.7 Å². The topological polar surface area (TPSA) is 58.0 Å². The Morgan fingerprint density at radius 2 is 1.79 bits per heavy atom. The van der Waals surface area contributed by atoms with Gasteiger partial charge in [-0.3, -0.25) is 4.40 Å². The number of aryl methyl sites for hydroxylation is 1. The van der Waals surface area contributed by atoms with E-state index in [1.54, 1.807) is 4.90 Å². The molecule has 0 amide bonds. The molecule has 1 saturated heterocycles. The number of piperazine rings is 1. The molecule has 0 atom stereocenters. The summed E-state index contributed by atoms with van der Waals surface area (Å²) in [4.78, 5) is 9.02. The van der Waals surface area contributed by atoms with Gasteiger partial charge in [-0.25, -0.2) is 4.98 Å². The summed E-state index contributed by atoms with van der Waals surface area (Å²) in [5.41, 5.74) is 7.48. The van der Waals surface area contributed by atoms with Crippen LogP contribution in [0.4, 0.5) is 5.82 Å². The zero-order valence-electron chi connectivity index (χ0n) is 19.7. The fourth-order valence-electron chi connectivity index (χ4n) is 5.63. The van der Waals surface area contributed by atoms with Gasteiger partial charge >= 0.3 is 0 Å². The minimum Gasteiger partial charge on any atom is -0.488 e. The Hall–Kier alpha value is -3.56. The van der Waals surface area contributed by atoms with Crippen molar-refractivity contribution in [3.63, 3.8) is 0 Å². The zero-order chi connectivity index (χ0) is 23.1. The van der Waals surface area contributed by atoms with E-state index in [4.69, 9.17) is 9.72 Å². The fraction of sp³-hybridized carbons (Fsp3) is 0.357. The predicted molar refractivity (Wildman–Crippen MR) is 134 cm³/mol. The summed E-state index contributed by atoms with van der Waals surface area (Å²) in [6.45, 7) is 8.01. The molecule has 0 radical (unpaired) electrons. The van der Waals surface area contributed by atoms with Crippen molar-refractivity contribution >= 4 is 22.5 Å². The number of nitriles is 1. The summed E-state index contributed by atoms with van der Waals surface area (Å²) >= 11 is 0. The lowest BCUT2D eigenvalue weighted by Gasteiger charge is -2.35. The van der Waals surface area contributed by atoms with Crippen molar-refractivity contribution in [1.82, 2.24) is 9.38 Å². The van der Waals surface area contributed by atoms with Crippen molar-refractivity contribution in [2.45, 2.75) is 26.2 Å². The molecule has 2 aromatic heterocycles. The average Bonchev–Trinajstić information content (AvgIpc) is 3.50. The quantitative estimate of drug-likeness (QED) is 0.506. The SMILES string of the molecule is Cc1ccc(OCC[NH+]2CCN(c3c4c(c(C#N)c5nc6ccccc6n35)CCC4)CC2)cc1. The summed E-state index contributed by atoms with van der Waals surface area (Å²) in [5, 5.41) is 10.0. The second-order valence-corrected chi connectivity index (χ2v) is 9.53. The highest BCUT2D eigenvalue weighted by Gasteiger charge is 2.30. The summed E-state index contributed by atoms with van der Waals surface area (Å²) in [6, 6.07) is 19.0. The van der Waals surface area contributed by atoms with E-state index in [0.29, 0.717) is 0 Å². The second-order valence-electron chi connectivity index (χ2n) is 9.53. The van der Waals surface area contributed by atoms with Gasteiger partial charge in [0.05, 0.1) is 42.8 Å². The highest BCUT2D eigenvalue weighted by molar-refractivity contribution is 5.86. The van der Waals surface area contributed by atoms with Crippen LogP contribution in [0.15, 0.2) is 48.5 Å². The molecular weight excluding hydrogens is 422 g/mol. The average molecular weight is 453 g/mol. The Balaban J connectivity index is 1.25. The van der Waals surface area contributed by atoms with Gasteiger partial charge in [0.25, 0.3) is 0 Å². The van der Waals surface area contributed by atoms with Crippen LogP contribution in [-0.2, 0) is 12.8 Å². The fourth-order valence-corrected chi connectivity index (χ4v) is 5.63. The zero-order valence-corrected chi connectivity index (χ0v) is 19.7. The molecular formula is C28H30N5O+. The van der Waals surface area contributed by atoms with Gasteiger partial charge in [0.1, 0.15) is 30.8 Å². The predicted octanol–water partition coefficient (Wildman–Crippen LogP) is 2.94.